The van der Waals surface area contributed by atoms with Crippen molar-refractivity contribution < 1.29 is 19.1 Å². The Balaban J connectivity index is 1.75. The van der Waals surface area contributed by atoms with E-state index < -0.39 is 11.5 Å². The summed E-state index contributed by atoms with van der Waals surface area (Å²) in [5.74, 6) is -0.882. The molecule has 4 rings (SSSR count). The van der Waals surface area contributed by atoms with Gasteiger partial charge in [0.1, 0.15) is 11.2 Å². The largest absolute Gasteiger partial charge is 0.462 e. The van der Waals surface area contributed by atoms with Crippen LogP contribution in [0.25, 0.3) is 0 Å². The number of rotatable bonds is 6. The van der Waals surface area contributed by atoms with Crippen molar-refractivity contribution in [2.24, 2.45) is 0 Å². The highest BCUT2D eigenvalue weighted by molar-refractivity contribution is 6.30. The zero-order valence-corrected chi connectivity index (χ0v) is 22.4. The average molecular weight is 514 g/mol. The number of nitrogens with one attached hydrogen (secondary N) is 1. The van der Waals surface area contributed by atoms with Gasteiger partial charge in [-0.05, 0) is 63.8 Å². The molecule has 36 heavy (non-hydrogen) atoms. The van der Waals surface area contributed by atoms with Crippen molar-refractivity contribution in [3.05, 3.63) is 57.4 Å². The van der Waals surface area contributed by atoms with E-state index in [9.17, 15) is 14.4 Å². The predicted molar refractivity (Wildman–Crippen MR) is 139 cm³/mol. The van der Waals surface area contributed by atoms with Crippen LogP contribution in [0.5, 0.6) is 0 Å². The summed E-state index contributed by atoms with van der Waals surface area (Å²) in [5, 5.41) is 3.88. The highest BCUT2D eigenvalue weighted by Gasteiger charge is 2.49. The maximum Gasteiger partial charge on any atom is 0.340 e. The summed E-state index contributed by atoms with van der Waals surface area (Å²) >= 11 is 6.08. The Morgan fingerprint density at radius 3 is 2.36 bits per heavy atom. The number of ether oxygens (including phenoxy) is 1. The van der Waals surface area contributed by atoms with E-state index in [0.29, 0.717) is 27.5 Å². The van der Waals surface area contributed by atoms with E-state index in [0.717, 1.165) is 31.2 Å². The highest BCUT2D eigenvalue weighted by Crippen LogP contribution is 2.35. The van der Waals surface area contributed by atoms with Crippen molar-refractivity contribution in [2.75, 3.05) is 6.61 Å². The topological polar surface area (TPSA) is 80.6 Å². The van der Waals surface area contributed by atoms with Gasteiger partial charge in [0.25, 0.3) is 5.91 Å². The third-order valence-corrected chi connectivity index (χ3v) is 7.94. The Hall–Kier alpha value is -2.80. The molecule has 0 spiro atoms. The molecule has 0 saturated heterocycles. The fourth-order valence-corrected chi connectivity index (χ4v) is 5.72. The second-order valence-corrected chi connectivity index (χ2v) is 10.6. The van der Waals surface area contributed by atoms with Crippen LogP contribution in [0.4, 0.5) is 0 Å². The molecule has 8 heteroatoms. The van der Waals surface area contributed by atoms with Crippen LogP contribution in [0.2, 0.25) is 5.02 Å². The van der Waals surface area contributed by atoms with Gasteiger partial charge in [0.2, 0.25) is 5.91 Å². The van der Waals surface area contributed by atoms with E-state index >= 15 is 0 Å². The maximum absolute atomic E-state index is 14.1. The first-order valence-electron chi connectivity index (χ1n) is 12.9. The molecule has 1 aliphatic carbocycles. The first-order chi connectivity index (χ1) is 17.2. The molecule has 1 aromatic heterocycles. The molecule has 0 radical (unpaired) electrons. The second-order valence-electron chi connectivity index (χ2n) is 10.2. The molecule has 2 aliphatic rings. The van der Waals surface area contributed by atoms with Gasteiger partial charge >= 0.3 is 5.97 Å². The Morgan fingerprint density at radius 2 is 1.75 bits per heavy atom. The lowest BCUT2D eigenvalue weighted by Crippen LogP contribution is -2.64. The predicted octanol–water partition coefficient (Wildman–Crippen LogP) is 5.19. The number of halogens is 1. The van der Waals surface area contributed by atoms with Crippen molar-refractivity contribution in [2.45, 2.75) is 90.9 Å². The quantitative estimate of drug-likeness (QED) is 0.426. The molecule has 1 N–H and O–H groups in total. The minimum Gasteiger partial charge on any atom is -0.462 e. The number of aromatic nitrogens is 1. The zero-order valence-electron chi connectivity index (χ0n) is 21.7. The molecular formula is C28H36ClN3O4. The fraction of sp³-hybridized carbons (Fsp3) is 0.536. The van der Waals surface area contributed by atoms with Gasteiger partial charge in [-0.3, -0.25) is 9.59 Å². The number of hydrogen-bond acceptors (Lipinski definition) is 4. The van der Waals surface area contributed by atoms with Gasteiger partial charge < -0.3 is 19.5 Å². The van der Waals surface area contributed by atoms with E-state index in [1.165, 1.54) is 12.8 Å². The van der Waals surface area contributed by atoms with Gasteiger partial charge in [0.05, 0.1) is 18.7 Å². The number of nitrogens with zero attached hydrogens (tertiary/aromatic N) is 2. The zero-order chi connectivity index (χ0) is 26.0. The summed E-state index contributed by atoms with van der Waals surface area (Å²) < 4.78 is 7.11. The number of amides is 2. The number of hydrogen-bond donors (Lipinski definition) is 1. The van der Waals surface area contributed by atoms with Gasteiger partial charge in [-0.1, -0.05) is 49.4 Å². The molecule has 7 nitrogen and oxygen atoms in total. The van der Waals surface area contributed by atoms with Crippen molar-refractivity contribution >= 4 is 29.4 Å². The summed E-state index contributed by atoms with van der Waals surface area (Å²) in [4.78, 5) is 42.4. The summed E-state index contributed by atoms with van der Waals surface area (Å²) in [5.41, 5.74) is 1.81. The molecular weight excluding hydrogens is 478 g/mol. The van der Waals surface area contributed by atoms with Crippen LogP contribution in [0, 0.1) is 13.8 Å². The number of carbonyl (C=O) groups excluding carboxylic acids is 3. The molecule has 0 unspecified atom stereocenters. The first kappa shape index (κ1) is 26.3. The summed E-state index contributed by atoms with van der Waals surface area (Å²) in [6, 6.07) is 7.41. The van der Waals surface area contributed by atoms with E-state index in [4.69, 9.17) is 16.3 Å². The lowest BCUT2D eigenvalue weighted by atomic mass is 9.92. The van der Waals surface area contributed by atoms with Gasteiger partial charge in [-0.2, -0.15) is 0 Å². The van der Waals surface area contributed by atoms with Crippen LogP contribution in [-0.4, -0.2) is 45.4 Å². The van der Waals surface area contributed by atoms with E-state index in [-0.39, 0.29) is 37.6 Å². The number of benzene rings is 1. The summed E-state index contributed by atoms with van der Waals surface area (Å²) in [6.45, 7) is 7.93. The minimum absolute atomic E-state index is 0.105. The Bertz CT molecular complexity index is 1150. The fourth-order valence-electron chi connectivity index (χ4n) is 5.60. The Labute approximate surface area is 218 Å². The molecule has 1 aromatic carbocycles. The second kappa shape index (κ2) is 10.7. The van der Waals surface area contributed by atoms with E-state index in [2.05, 4.69) is 5.32 Å². The summed E-state index contributed by atoms with van der Waals surface area (Å²) in [6.07, 6.45) is 6.47. The molecule has 194 valence electrons. The molecule has 1 aliphatic heterocycles. The third kappa shape index (κ3) is 4.90. The van der Waals surface area contributed by atoms with E-state index in [1.54, 1.807) is 30.9 Å². The molecule has 1 atom stereocenters. The molecule has 1 fully saturated rings. The van der Waals surface area contributed by atoms with Gasteiger partial charge in [0.15, 0.2) is 0 Å². The molecule has 0 bridgehead atoms. The molecule has 1 saturated carbocycles. The molecule has 2 heterocycles. The van der Waals surface area contributed by atoms with Crippen LogP contribution in [-0.2, 0) is 22.6 Å². The van der Waals surface area contributed by atoms with Gasteiger partial charge in [-0.15, -0.1) is 0 Å². The lowest BCUT2D eigenvalue weighted by Gasteiger charge is -2.45. The van der Waals surface area contributed by atoms with Crippen LogP contribution in [0.1, 0.15) is 90.0 Å². The van der Waals surface area contributed by atoms with Gasteiger partial charge in [0, 0.05) is 23.3 Å². The third-order valence-electron chi connectivity index (χ3n) is 7.69. The van der Waals surface area contributed by atoms with Crippen LogP contribution < -0.4 is 5.32 Å². The number of carbonyl (C=O) groups is 3. The Morgan fingerprint density at radius 1 is 1.11 bits per heavy atom. The summed E-state index contributed by atoms with van der Waals surface area (Å²) in [7, 11) is 0. The monoisotopic (exact) mass is 513 g/mol. The Kier molecular flexibility index (Phi) is 7.79. The van der Waals surface area contributed by atoms with Crippen molar-refractivity contribution in [3.63, 3.8) is 0 Å². The van der Waals surface area contributed by atoms with E-state index in [1.807, 2.05) is 30.5 Å². The molecule has 2 aromatic rings. The lowest BCUT2D eigenvalue weighted by molar-refractivity contribution is -0.134. The van der Waals surface area contributed by atoms with Crippen molar-refractivity contribution in [1.82, 2.24) is 14.8 Å². The standard InChI is InChI=1S/C28H36ClN3O4/c1-5-36-26(34)23-18(2)24-25(33)32(16-20-12-14-21(29)15-13-20)28(4,17-31(24)19(23)3)27(35)30-22-10-8-6-7-9-11-22/h12-15,22H,5-11,16-17H2,1-4H3,(H,30,35)/t28-/m1/s1. The molecule has 2 amide bonds. The van der Waals surface area contributed by atoms with Crippen LogP contribution in [0.15, 0.2) is 24.3 Å². The average Bonchev–Trinajstić information content (AvgIpc) is 2.99. The smallest absolute Gasteiger partial charge is 0.340 e. The number of fused-ring (bicyclic) bond motifs is 1. The number of esters is 1. The van der Waals surface area contributed by atoms with Crippen LogP contribution in [0.3, 0.4) is 0 Å². The normalized spacial score (nSPS) is 20.6. The van der Waals surface area contributed by atoms with Crippen molar-refractivity contribution in [3.8, 4) is 0 Å². The SMILES string of the molecule is CCOC(=O)c1c(C)c2n(c1C)C[C@](C)(C(=O)NC1CCCCCC1)N(Cc1ccc(Cl)cc1)C2=O. The van der Waals surface area contributed by atoms with Crippen molar-refractivity contribution in [1.29, 1.82) is 0 Å². The maximum atomic E-state index is 14.1. The van der Waals surface area contributed by atoms with Gasteiger partial charge in [-0.25, -0.2) is 4.79 Å². The highest BCUT2D eigenvalue weighted by atomic mass is 35.5. The first-order valence-corrected chi connectivity index (χ1v) is 13.3. The minimum atomic E-state index is -1.14. The van der Waals surface area contributed by atoms with Crippen LogP contribution >= 0.6 is 11.6 Å².